The number of likely N-dealkylation sites (N-methyl/N-ethyl adjacent to an activating group) is 1. The molecule has 1 aliphatic heterocycles. The Morgan fingerprint density at radius 2 is 1.92 bits per heavy atom. The van der Waals surface area contributed by atoms with Gasteiger partial charge < -0.3 is 30.3 Å². The summed E-state index contributed by atoms with van der Waals surface area (Å²) in [5.74, 6) is -1.20. The fourth-order valence-corrected chi connectivity index (χ4v) is 5.40. The van der Waals surface area contributed by atoms with Crippen molar-refractivity contribution in [3.05, 3.63) is 50.7 Å². The summed E-state index contributed by atoms with van der Waals surface area (Å²) in [4.78, 5) is 41.3. The van der Waals surface area contributed by atoms with Gasteiger partial charge in [0.15, 0.2) is 0 Å². The number of anilines is 1. The van der Waals surface area contributed by atoms with E-state index in [1.54, 1.807) is 19.2 Å². The van der Waals surface area contributed by atoms with Gasteiger partial charge in [0.25, 0.3) is 5.91 Å². The van der Waals surface area contributed by atoms with Gasteiger partial charge in [-0.1, -0.05) is 17.7 Å². The number of amides is 3. The predicted octanol–water partition coefficient (Wildman–Crippen LogP) is 2.34. The van der Waals surface area contributed by atoms with Crippen molar-refractivity contribution in [2.45, 2.75) is 31.3 Å². The van der Waals surface area contributed by atoms with Crippen molar-refractivity contribution in [2.75, 3.05) is 52.4 Å². The second-order valence-electron chi connectivity index (χ2n) is 9.45. The molecule has 0 spiro atoms. The SMILES string of the molecule is COCCOCC(=O)NC1CC1[C@@H](NC(=O)c1ccc(Cl)s1)C(=O)Nc1ccc2c(c1)CCN(C)CC2. The Morgan fingerprint density at radius 1 is 1.14 bits per heavy atom. The summed E-state index contributed by atoms with van der Waals surface area (Å²) in [5, 5.41) is 8.74. The fraction of sp³-hybridized carbons (Fsp3) is 0.500. The van der Waals surface area contributed by atoms with Crippen molar-refractivity contribution >= 4 is 46.3 Å². The molecule has 37 heavy (non-hydrogen) atoms. The first kappa shape index (κ1) is 27.5. The van der Waals surface area contributed by atoms with Gasteiger partial charge in [0.2, 0.25) is 11.8 Å². The molecule has 9 nitrogen and oxygen atoms in total. The number of carbonyl (C=O) groups is 3. The zero-order valence-electron chi connectivity index (χ0n) is 21.1. The summed E-state index contributed by atoms with van der Waals surface area (Å²) in [6.45, 7) is 2.60. The second-order valence-corrected chi connectivity index (χ2v) is 11.2. The van der Waals surface area contributed by atoms with Gasteiger partial charge in [0.05, 0.1) is 22.4 Å². The van der Waals surface area contributed by atoms with Gasteiger partial charge in [0.1, 0.15) is 12.6 Å². The monoisotopic (exact) mass is 548 g/mol. The van der Waals surface area contributed by atoms with E-state index in [-0.39, 0.29) is 36.3 Å². The molecule has 1 aromatic heterocycles. The van der Waals surface area contributed by atoms with Gasteiger partial charge in [0, 0.05) is 37.8 Å². The number of nitrogens with one attached hydrogen (secondary N) is 3. The number of carbonyl (C=O) groups excluding carboxylic acids is 3. The largest absolute Gasteiger partial charge is 0.382 e. The maximum atomic E-state index is 13.4. The van der Waals surface area contributed by atoms with E-state index in [1.165, 1.54) is 11.1 Å². The number of halogens is 1. The maximum Gasteiger partial charge on any atom is 0.262 e. The molecule has 1 aliphatic carbocycles. The van der Waals surface area contributed by atoms with E-state index in [4.69, 9.17) is 21.1 Å². The van der Waals surface area contributed by atoms with E-state index in [0.717, 1.165) is 37.3 Å². The first-order valence-electron chi connectivity index (χ1n) is 12.4. The van der Waals surface area contributed by atoms with Crippen molar-refractivity contribution < 1.29 is 23.9 Å². The minimum Gasteiger partial charge on any atom is -0.382 e. The second kappa shape index (κ2) is 12.8. The fourth-order valence-electron chi connectivity index (χ4n) is 4.46. The molecule has 3 atom stereocenters. The number of rotatable bonds is 11. The summed E-state index contributed by atoms with van der Waals surface area (Å²) >= 11 is 7.14. The normalized spacial score (nSPS) is 19.9. The molecule has 3 N–H and O–H groups in total. The Hall–Kier alpha value is -2.50. The van der Waals surface area contributed by atoms with Crippen LogP contribution in [0.5, 0.6) is 0 Å². The molecule has 11 heteroatoms. The molecule has 2 aromatic rings. The third kappa shape index (κ3) is 7.75. The van der Waals surface area contributed by atoms with Crippen LogP contribution in [0, 0.1) is 5.92 Å². The predicted molar refractivity (Wildman–Crippen MR) is 143 cm³/mol. The van der Waals surface area contributed by atoms with Crippen molar-refractivity contribution in [3.63, 3.8) is 0 Å². The summed E-state index contributed by atoms with van der Waals surface area (Å²) < 4.78 is 10.7. The highest BCUT2D eigenvalue weighted by Crippen LogP contribution is 2.35. The first-order chi connectivity index (χ1) is 17.8. The molecule has 1 aromatic carbocycles. The van der Waals surface area contributed by atoms with Gasteiger partial charge >= 0.3 is 0 Å². The van der Waals surface area contributed by atoms with Gasteiger partial charge in [-0.05, 0) is 61.7 Å². The average molecular weight is 549 g/mol. The Morgan fingerprint density at radius 3 is 2.65 bits per heavy atom. The van der Waals surface area contributed by atoms with Crippen molar-refractivity contribution in [1.82, 2.24) is 15.5 Å². The number of hydrogen-bond acceptors (Lipinski definition) is 7. The number of nitrogens with zero attached hydrogens (tertiary/aromatic N) is 1. The molecular weight excluding hydrogens is 516 g/mol. The lowest BCUT2D eigenvalue weighted by atomic mass is 10.0. The van der Waals surface area contributed by atoms with Crippen LogP contribution in [0.1, 0.15) is 27.2 Å². The highest BCUT2D eigenvalue weighted by atomic mass is 35.5. The van der Waals surface area contributed by atoms with Crippen molar-refractivity contribution in [2.24, 2.45) is 5.92 Å². The molecule has 2 unspecified atom stereocenters. The Labute approximate surface area is 225 Å². The molecule has 2 aliphatic rings. The van der Waals surface area contributed by atoms with Gasteiger partial charge in [-0.3, -0.25) is 14.4 Å². The molecule has 3 amide bonds. The topological polar surface area (TPSA) is 109 Å². The maximum absolute atomic E-state index is 13.4. The number of ether oxygens (including phenoxy) is 2. The lowest BCUT2D eigenvalue weighted by molar-refractivity contribution is -0.126. The van der Waals surface area contributed by atoms with Crippen molar-refractivity contribution in [1.29, 1.82) is 0 Å². The highest BCUT2D eigenvalue weighted by molar-refractivity contribution is 7.18. The van der Waals surface area contributed by atoms with Crippen LogP contribution in [0.4, 0.5) is 5.69 Å². The van der Waals surface area contributed by atoms with E-state index < -0.39 is 6.04 Å². The lowest BCUT2D eigenvalue weighted by Gasteiger charge is -2.19. The van der Waals surface area contributed by atoms with Crippen LogP contribution >= 0.6 is 22.9 Å². The minimum absolute atomic E-state index is 0.0895. The number of methoxy groups -OCH3 is 1. The highest BCUT2D eigenvalue weighted by Gasteiger charge is 2.47. The summed E-state index contributed by atoms with van der Waals surface area (Å²) in [7, 11) is 3.67. The van der Waals surface area contributed by atoms with Crippen LogP contribution in [0.3, 0.4) is 0 Å². The number of thiophene rings is 1. The number of benzene rings is 1. The number of hydrogen-bond donors (Lipinski definition) is 3. The van der Waals surface area contributed by atoms with E-state index in [1.807, 2.05) is 12.1 Å². The summed E-state index contributed by atoms with van der Waals surface area (Å²) in [5.41, 5.74) is 3.21. The molecule has 0 saturated heterocycles. The quantitative estimate of drug-likeness (QED) is 0.372. The van der Waals surface area contributed by atoms with Gasteiger partial charge in [-0.2, -0.15) is 0 Å². The van der Waals surface area contributed by atoms with E-state index in [2.05, 4.69) is 34.0 Å². The van der Waals surface area contributed by atoms with E-state index >= 15 is 0 Å². The molecule has 1 saturated carbocycles. The molecule has 2 heterocycles. The van der Waals surface area contributed by atoms with Crippen LogP contribution in [-0.2, 0) is 31.9 Å². The van der Waals surface area contributed by atoms with Crippen LogP contribution < -0.4 is 16.0 Å². The van der Waals surface area contributed by atoms with Gasteiger partial charge in [-0.25, -0.2) is 0 Å². The van der Waals surface area contributed by atoms with Crippen LogP contribution in [-0.4, -0.2) is 81.8 Å². The lowest BCUT2D eigenvalue weighted by Crippen LogP contribution is -2.47. The summed E-state index contributed by atoms with van der Waals surface area (Å²) in [6.07, 6.45) is 2.46. The van der Waals surface area contributed by atoms with Crippen LogP contribution in [0.25, 0.3) is 0 Å². The zero-order valence-corrected chi connectivity index (χ0v) is 22.6. The van der Waals surface area contributed by atoms with Crippen molar-refractivity contribution in [3.8, 4) is 0 Å². The van der Waals surface area contributed by atoms with Crippen LogP contribution in [0.15, 0.2) is 30.3 Å². The third-order valence-corrected chi connectivity index (χ3v) is 7.87. The number of fused-ring (bicyclic) bond motifs is 1. The molecule has 4 rings (SSSR count). The zero-order chi connectivity index (χ0) is 26.4. The van der Waals surface area contributed by atoms with E-state index in [0.29, 0.717) is 34.5 Å². The Balaban J connectivity index is 1.42. The smallest absolute Gasteiger partial charge is 0.262 e. The standard InChI is InChI=1S/C26H33ClN4O5S/c1-31-9-7-16-3-4-18(13-17(16)8-10-31)28-26(34)24(30-25(33)21-5-6-22(27)37-21)19-14-20(19)29-23(32)15-36-12-11-35-2/h3-6,13,19-20,24H,7-12,14-15H2,1-2H3,(H,28,34)(H,29,32)(H,30,33)/t19?,20?,24-/m1/s1. The molecule has 0 bridgehead atoms. The summed E-state index contributed by atoms with van der Waals surface area (Å²) in [6, 6.07) is 8.21. The van der Waals surface area contributed by atoms with Crippen LogP contribution in [0.2, 0.25) is 4.34 Å². The average Bonchev–Trinajstić information content (AvgIpc) is 3.53. The molecular formula is C26H33ClN4O5S. The molecule has 200 valence electrons. The van der Waals surface area contributed by atoms with Gasteiger partial charge in [-0.15, -0.1) is 11.3 Å². The van der Waals surface area contributed by atoms with E-state index in [9.17, 15) is 14.4 Å². The molecule has 0 radical (unpaired) electrons. The Kier molecular flexibility index (Phi) is 9.55. The first-order valence-corrected chi connectivity index (χ1v) is 13.6. The minimum atomic E-state index is -0.821. The Bertz CT molecular complexity index is 1130. The molecule has 1 fully saturated rings. The third-order valence-electron chi connectivity index (χ3n) is 6.64.